The van der Waals surface area contributed by atoms with Crippen molar-refractivity contribution >= 4 is 41.6 Å². The number of benzene rings is 1. The summed E-state index contributed by atoms with van der Waals surface area (Å²) in [7, 11) is 0. The van der Waals surface area contributed by atoms with Gasteiger partial charge in [0.25, 0.3) is 5.91 Å². The second-order valence-corrected chi connectivity index (χ2v) is 7.02. The Bertz CT molecular complexity index is 769. The van der Waals surface area contributed by atoms with Crippen molar-refractivity contribution in [1.29, 1.82) is 0 Å². The van der Waals surface area contributed by atoms with Gasteiger partial charge in [-0.05, 0) is 50.8 Å². The molecule has 1 amide bonds. The second kappa shape index (κ2) is 7.90. The van der Waals surface area contributed by atoms with Gasteiger partial charge in [-0.25, -0.2) is 0 Å². The average molecular weight is 382 g/mol. The third-order valence-corrected chi connectivity index (χ3v) is 5.04. The number of rotatable bonds is 2. The number of aryl methyl sites for hydroxylation is 1. The normalized spacial score (nSPS) is 17.8. The smallest absolute Gasteiger partial charge is 0.254 e. The molecule has 4 rings (SSSR count). The molecule has 2 N–H and O–H groups in total. The number of carbonyl (C=O) groups excluding carboxylic acids is 1. The molecule has 0 radical (unpaired) electrons. The van der Waals surface area contributed by atoms with E-state index in [1.54, 1.807) is 0 Å². The van der Waals surface area contributed by atoms with Crippen molar-refractivity contribution in [2.75, 3.05) is 13.1 Å². The van der Waals surface area contributed by atoms with E-state index in [0.29, 0.717) is 5.92 Å². The molecule has 0 unspecified atom stereocenters. The zero-order valence-electron chi connectivity index (χ0n) is 14.4. The summed E-state index contributed by atoms with van der Waals surface area (Å²) in [6.07, 6.45) is 4.17. The van der Waals surface area contributed by atoms with Crippen molar-refractivity contribution in [3.8, 4) is 0 Å². The van der Waals surface area contributed by atoms with Crippen LogP contribution in [0.3, 0.4) is 0 Å². The van der Waals surface area contributed by atoms with Gasteiger partial charge >= 0.3 is 0 Å². The van der Waals surface area contributed by atoms with Gasteiger partial charge in [-0.2, -0.15) is 0 Å². The third-order valence-electron chi connectivity index (χ3n) is 5.04. The monoisotopic (exact) mass is 381 g/mol. The first-order chi connectivity index (χ1) is 11.1. The van der Waals surface area contributed by atoms with Gasteiger partial charge in [0.2, 0.25) is 0 Å². The van der Waals surface area contributed by atoms with E-state index in [9.17, 15) is 4.79 Å². The van der Waals surface area contributed by atoms with Crippen LogP contribution in [0.25, 0.3) is 10.9 Å². The van der Waals surface area contributed by atoms with Crippen molar-refractivity contribution in [2.45, 2.75) is 44.6 Å². The zero-order chi connectivity index (χ0) is 16.0. The molecule has 1 saturated carbocycles. The van der Waals surface area contributed by atoms with E-state index in [0.717, 1.165) is 53.7 Å². The van der Waals surface area contributed by atoms with E-state index < -0.39 is 0 Å². The van der Waals surface area contributed by atoms with E-state index in [1.165, 1.54) is 12.8 Å². The zero-order valence-corrected chi connectivity index (χ0v) is 16.0. The summed E-state index contributed by atoms with van der Waals surface area (Å²) in [5.41, 5.74) is 9.97. The lowest BCUT2D eigenvalue weighted by Crippen LogP contribution is -2.42. The topological polar surface area (TPSA) is 59.2 Å². The fraction of sp³-hybridized carbons (Fsp3) is 0.474. The minimum Gasteiger partial charge on any atom is -0.339 e. The highest BCUT2D eigenvalue weighted by Gasteiger charge is 2.29. The predicted octanol–water partition coefficient (Wildman–Crippen LogP) is 3.83. The van der Waals surface area contributed by atoms with Crippen LogP contribution in [-0.2, 0) is 0 Å². The standard InChI is InChI=1S/C19H23N3O.2ClH/c1-12-2-5-17-15(10-12)16(11-18(21-17)13-3-4-13)19(23)22-8-6-14(20)7-9-22;;/h2,5,10-11,13-14H,3-4,6-9,20H2,1H3;2*1H. The molecule has 136 valence electrons. The number of hydrogen-bond donors (Lipinski definition) is 1. The lowest BCUT2D eigenvalue weighted by Gasteiger charge is -2.30. The van der Waals surface area contributed by atoms with Crippen molar-refractivity contribution < 1.29 is 4.79 Å². The number of hydrogen-bond acceptors (Lipinski definition) is 3. The molecule has 0 spiro atoms. The number of pyridine rings is 1. The van der Waals surface area contributed by atoms with E-state index in [4.69, 9.17) is 10.7 Å². The lowest BCUT2D eigenvalue weighted by atomic mass is 10.0. The molecular weight excluding hydrogens is 357 g/mol. The molecule has 1 saturated heterocycles. The SMILES string of the molecule is Cc1ccc2nc(C3CC3)cc(C(=O)N3CCC(N)CC3)c2c1.Cl.Cl. The van der Waals surface area contributed by atoms with E-state index >= 15 is 0 Å². The van der Waals surface area contributed by atoms with Crippen LogP contribution in [0.2, 0.25) is 0 Å². The molecule has 1 aromatic heterocycles. The molecule has 2 heterocycles. The van der Waals surface area contributed by atoms with Gasteiger partial charge < -0.3 is 10.6 Å². The number of amides is 1. The first-order valence-corrected chi connectivity index (χ1v) is 8.58. The van der Waals surface area contributed by atoms with Crippen molar-refractivity contribution in [3.05, 3.63) is 41.1 Å². The van der Waals surface area contributed by atoms with Crippen molar-refractivity contribution in [1.82, 2.24) is 9.88 Å². The van der Waals surface area contributed by atoms with Crippen LogP contribution in [0, 0.1) is 6.92 Å². The Balaban J connectivity index is 0.00000113. The molecule has 4 nitrogen and oxygen atoms in total. The van der Waals surface area contributed by atoms with Crippen LogP contribution >= 0.6 is 24.8 Å². The van der Waals surface area contributed by atoms with Crippen LogP contribution < -0.4 is 5.73 Å². The van der Waals surface area contributed by atoms with Crippen LogP contribution in [0.15, 0.2) is 24.3 Å². The summed E-state index contributed by atoms with van der Waals surface area (Å²) in [5.74, 6) is 0.679. The van der Waals surface area contributed by atoms with Crippen LogP contribution in [0.1, 0.15) is 53.2 Å². The quantitative estimate of drug-likeness (QED) is 0.859. The molecule has 0 atom stereocenters. The highest BCUT2D eigenvalue weighted by Crippen LogP contribution is 2.40. The lowest BCUT2D eigenvalue weighted by molar-refractivity contribution is 0.0716. The number of aromatic nitrogens is 1. The maximum absolute atomic E-state index is 13.1. The average Bonchev–Trinajstić information content (AvgIpc) is 3.39. The minimum atomic E-state index is 0. The summed E-state index contributed by atoms with van der Waals surface area (Å²) in [6.45, 7) is 3.57. The molecule has 1 aliphatic carbocycles. The van der Waals surface area contributed by atoms with Gasteiger partial charge in [0, 0.05) is 36.1 Å². The number of carbonyl (C=O) groups is 1. The van der Waals surface area contributed by atoms with Gasteiger partial charge in [0.05, 0.1) is 11.1 Å². The van der Waals surface area contributed by atoms with E-state index in [1.807, 2.05) is 17.0 Å². The molecule has 25 heavy (non-hydrogen) atoms. The van der Waals surface area contributed by atoms with Gasteiger partial charge in [-0.15, -0.1) is 24.8 Å². The summed E-state index contributed by atoms with van der Waals surface area (Å²) in [6, 6.07) is 8.47. The number of nitrogens with two attached hydrogens (primary N) is 1. The minimum absolute atomic E-state index is 0. The number of likely N-dealkylation sites (tertiary alicyclic amines) is 1. The van der Waals surface area contributed by atoms with Crippen LogP contribution in [-0.4, -0.2) is 34.9 Å². The Morgan fingerprint density at radius 3 is 2.44 bits per heavy atom. The van der Waals surface area contributed by atoms with Gasteiger partial charge in [-0.3, -0.25) is 9.78 Å². The Kier molecular flexibility index (Phi) is 6.30. The number of nitrogens with zero attached hydrogens (tertiary/aromatic N) is 2. The Labute approximate surface area is 161 Å². The fourth-order valence-electron chi connectivity index (χ4n) is 3.40. The predicted molar refractivity (Wildman–Crippen MR) is 106 cm³/mol. The summed E-state index contributed by atoms with van der Waals surface area (Å²) < 4.78 is 0. The van der Waals surface area contributed by atoms with E-state index in [-0.39, 0.29) is 36.8 Å². The first kappa shape index (κ1) is 20.0. The largest absolute Gasteiger partial charge is 0.339 e. The third kappa shape index (κ3) is 4.08. The second-order valence-electron chi connectivity index (χ2n) is 7.02. The summed E-state index contributed by atoms with van der Waals surface area (Å²) in [5, 5.41) is 0.981. The number of halogens is 2. The molecule has 0 bridgehead atoms. The first-order valence-electron chi connectivity index (χ1n) is 8.58. The molecule has 6 heteroatoms. The Hall–Kier alpha value is -1.36. The van der Waals surface area contributed by atoms with Gasteiger partial charge in [0.15, 0.2) is 0 Å². The number of fused-ring (bicyclic) bond motifs is 1. The molecule has 1 aromatic carbocycles. The number of piperidine rings is 1. The van der Waals surface area contributed by atoms with Gasteiger partial charge in [0.1, 0.15) is 0 Å². The highest BCUT2D eigenvalue weighted by atomic mass is 35.5. The maximum atomic E-state index is 13.1. The van der Waals surface area contributed by atoms with E-state index in [2.05, 4.69) is 19.1 Å². The Morgan fingerprint density at radius 1 is 1.12 bits per heavy atom. The van der Waals surface area contributed by atoms with Crippen molar-refractivity contribution in [3.63, 3.8) is 0 Å². The van der Waals surface area contributed by atoms with Crippen LogP contribution in [0.5, 0.6) is 0 Å². The molecule has 1 aliphatic heterocycles. The van der Waals surface area contributed by atoms with Gasteiger partial charge in [-0.1, -0.05) is 11.6 Å². The molecule has 2 aliphatic rings. The molecule has 2 aromatic rings. The van der Waals surface area contributed by atoms with Crippen LogP contribution in [0.4, 0.5) is 0 Å². The molecular formula is C19H25Cl2N3O. The van der Waals surface area contributed by atoms with Crippen molar-refractivity contribution in [2.24, 2.45) is 5.73 Å². The molecule has 2 fully saturated rings. The fourth-order valence-corrected chi connectivity index (χ4v) is 3.40. The summed E-state index contributed by atoms with van der Waals surface area (Å²) in [4.78, 5) is 19.8. The Morgan fingerprint density at radius 2 is 1.80 bits per heavy atom. The highest BCUT2D eigenvalue weighted by molar-refractivity contribution is 6.06. The summed E-state index contributed by atoms with van der Waals surface area (Å²) >= 11 is 0. The maximum Gasteiger partial charge on any atom is 0.254 e.